The molecule has 1 atom stereocenters. The molecule has 0 bridgehead atoms. The third-order valence-electron chi connectivity index (χ3n) is 4.52. The number of hydrogen-bond acceptors (Lipinski definition) is 1. The third-order valence-corrected chi connectivity index (χ3v) is 4.52. The number of hydrogen-bond donors (Lipinski definition) is 0. The summed E-state index contributed by atoms with van der Waals surface area (Å²) >= 11 is 0. The Morgan fingerprint density at radius 1 is 0.870 bits per heavy atom. The van der Waals surface area contributed by atoms with Crippen LogP contribution in [0.2, 0.25) is 0 Å². The van der Waals surface area contributed by atoms with E-state index in [-0.39, 0.29) is 0 Å². The molecule has 3 aromatic rings. The Hall–Kier alpha value is -2.56. The van der Waals surface area contributed by atoms with Gasteiger partial charge in [-0.1, -0.05) is 54.5 Å². The van der Waals surface area contributed by atoms with Crippen molar-refractivity contribution in [3.05, 3.63) is 71.8 Å². The summed E-state index contributed by atoms with van der Waals surface area (Å²) in [6, 6.07) is 21.4. The lowest BCUT2D eigenvalue weighted by Gasteiger charge is -2.26. The molecular weight excluding hydrogens is 280 g/mol. The molecule has 1 aliphatic rings. The van der Waals surface area contributed by atoms with Gasteiger partial charge in [-0.25, -0.2) is 0 Å². The Bertz CT molecular complexity index is 958. The fourth-order valence-electron chi connectivity index (χ4n) is 3.64. The molecule has 1 heteroatoms. The molecule has 0 saturated heterocycles. The summed E-state index contributed by atoms with van der Waals surface area (Å²) in [6.45, 7) is 4.53. The van der Waals surface area contributed by atoms with Crippen molar-refractivity contribution in [1.29, 1.82) is 0 Å². The topological polar surface area (TPSA) is 9.23 Å². The van der Waals surface area contributed by atoms with Crippen molar-refractivity contribution >= 4 is 10.8 Å². The zero-order valence-corrected chi connectivity index (χ0v) is 13.4. The van der Waals surface area contributed by atoms with Crippen LogP contribution >= 0.6 is 0 Å². The van der Waals surface area contributed by atoms with Crippen molar-refractivity contribution < 1.29 is 4.74 Å². The van der Waals surface area contributed by atoms with E-state index in [0.29, 0.717) is 6.61 Å². The van der Waals surface area contributed by atoms with Gasteiger partial charge in [-0.05, 0) is 47.9 Å². The van der Waals surface area contributed by atoms with Crippen molar-refractivity contribution in [3.63, 3.8) is 0 Å². The highest BCUT2D eigenvalue weighted by Gasteiger charge is 2.43. The monoisotopic (exact) mass is 298 g/mol. The van der Waals surface area contributed by atoms with Crippen molar-refractivity contribution in [2.45, 2.75) is 19.4 Å². The minimum Gasteiger partial charge on any atom is -0.354 e. The van der Waals surface area contributed by atoms with Crippen LogP contribution in [0.4, 0.5) is 0 Å². The molecule has 0 saturated carbocycles. The molecule has 0 spiro atoms. The first-order valence-electron chi connectivity index (χ1n) is 8.01. The smallest absolute Gasteiger partial charge is 0.180 e. The maximum absolute atomic E-state index is 6.26. The lowest BCUT2D eigenvalue weighted by Crippen LogP contribution is -2.27. The van der Waals surface area contributed by atoms with Crippen molar-refractivity contribution in [3.8, 4) is 23.0 Å². The van der Waals surface area contributed by atoms with Crippen LogP contribution < -0.4 is 0 Å². The van der Waals surface area contributed by atoms with Gasteiger partial charge in [0.15, 0.2) is 5.60 Å². The molecule has 0 heterocycles. The zero-order chi connectivity index (χ0) is 15.9. The van der Waals surface area contributed by atoms with Crippen LogP contribution in [0, 0.1) is 11.8 Å². The average Bonchev–Trinajstić information content (AvgIpc) is 2.84. The molecule has 23 heavy (non-hydrogen) atoms. The summed E-state index contributed by atoms with van der Waals surface area (Å²) < 4.78 is 6.26. The minimum atomic E-state index is -0.653. The molecule has 112 valence electrons. The molecule has 4 rings (SSSR count). The van der Waals surface area contributed by atoms with Crippen LogP contribution in [0.5, 0.6) is 0 Å². The van der Waals surface area contributed by atoms with Gasteiger partial charge in [-0.3, -0.25) is 0 Å². The van der Waals surface area contributed by atoms with E-state index in [4.69, 9.17) is 4.74 Å². The number of rotatable bonds is 2. The maximum Gasteiger partial charge on any atom is 0.180 e. The van der Waals surface area contributed by atoms with Gasteiger partial charge in [-0.2, -0.15) is 0 Å². The predicted octanol–water partition coefficient (Wildman–Crippen LogP) is 5.12. The predicted molar refractivity (Wildman–Crippen MR) is 95.2 cm³/mol. The van der Waals surface area contributed by atoms with Gasteiger partial charge >= 0.3 is 0 Å². The first kappa shape index (κ1) is 14.1. The van der Waals surface area contributed by atoms with Crippen molar-refractivity contribution in [2.24, 2.45) is 0 Å². The van der Waals surface area contributed by atoms with E-state index < -0.39 is 5.60 Å². The second-order valence-corrected chi connectivity index (χ2v) is 5.78. The molecule has 0 aromatic heterocycles. The molecule has 0 N–H and O–H groups in total. The third kappa shape index (κ3) is 1.92. The number of fused-ring (bicyclic) bond motifs is 4. The highest BCUT2D eigenvalue weighted by atomic mass is 16.5. The summed E-state index contributed by atoms with van der Waals surface area (Å²) in [5.74, 6) is 6.45. The van der Waals surface area contributed by atoms with E-state index in [0.717, 1.165) is 11.1 Å². The fourth-order valence-corrected chi connectivity index (χ4v) is 3.64. The second kappa shape index (κ2) is 5.26. The molecule has 0 radical (unpaired) electrons. The highest BCUT2D eigenvalue weighted by Crippen LogP contribution is 2.50. The van der Waals surface area contributed by atoms with Gasteiger partial charge in [-0.15, -0.1) is 5.92 Å². The lowest BCUT2D eigenvalue weighted by molar-refractivity contribution is 0.0390. The quantitative estimate of drug-likeness (QED) is 0.596. The van der Waals surface area contributed by atoms with Crippen LogP contribution in [-0.2, 0) is 10.3 Å². The summed E-state index contributed by atoms with van der Waals surface area (Å²) in [5.41, 5.74) is 4.12. The Kier molecular flexibility index (Phi) is 3.22. The van der Waals surface area contributed by atoms with Crippen LogP contribution in [0.15, 0.2) is 60.7 Å². The molecule has 1 aliphatic carbocycles. The second-order valence-electron chi connectivity index (χ2n) is 5.78. The van der Waals surface area contributed by atoms with Crippen molar-refractivity contribution in [1.82, 2.24) is 0 Å². The standard InChI is InChI=1S/C22H18O/c1-3-13-22(23-4-2)20-12-8-7-11-18(20)19-14-16-9-5-6-10-17(16)15-21(19)22/h5-12,14-15H,4H2,1-2H3. The van der Waals surface area contributed by atoms with Gasteiger partial charge in [0.05, 0.1) is 0 Å². The minimum absolute atomic E-state index is 0.620. The Labute approximate surface area is 136 Å². The van der Waals surface area contributed by atoms with Crippen LogP contribution in [-0.4, -0.2) is 6.61 Å². The first-order valence-corrected chi connectivity index (χ1v) is 8.01. The molecule has 1 nitrogen and oxygen atoms in total. The summed E-state index contributed by atoms with van der Waals surface area (Å²) in [4.78, 5) is 0. The van der Waals surface area contributed by atoms with E-state index in [2.05, 4.69) is 72.5 Å². The molecular formula is C22H18O. The Morgan fingerprint density at radius 2 is 1.57 bits per heavy atom. The molecule has 0 amide bonds. The van der Waals surface area contributed by atoms with E-state index >= 15 is 0 Å². The van der Waals surface area contributed by atoms with E-state index in [1.165, 1.54) is 21.9 Å². The van der Waals surface area contributed by atoms with Gasteiger partial charge in [0, 0.05) is 17.7 Å². The average molecular weight is 298 g/mol. The Morgan fingerprint density at radius 3 is 2.30 bits per heavy atom. The van der Waals surface area contributed by atoms with Gasteiger partial charge in [0.2, 0.25) is 0 Å². The summed E-state index contributed by atoms with van der Waals surface area (Å²) in [7, 11) is 0. The van der Waals surface area contributed by atoms with Crippen LogP contribution in [0.25, 0.3) is 21.9 Å². The summed E-state index contributed by atoms with van der Waals surface area (Å²) in [5, 5.41) is 2.47. The highest BCUT2D eigenvalue weighted by molar-refractivity contribution is 5.94. The zero-order valence-electron chi connectivity index (χ0n) is 13.4. The van der Waals surface area contributed by atoms with Gasteiger partial charge < -0.3 is 4.74 Å². The number of benzene rings is 3. The van der Waals surface area contributed by atoms with Gasteiger partial charge in [0.25, 0.3) is 0 Å². The van der Waals surface area contributed by atoms with Gasteiger partial charge in [0.1, 0.15) is 0 Å². The largest absolute Gasteiger partial charge is 0.354 e. The maximum atomic E-state index is 6.26. The molecule has 1 unspecified atom stereocenters. The first-order chi connectivity index (χ1) is 11.3. The van der Waals surface area contributed by atoms with E-state index in [9.17, 15) is 0 Å². The van der Waals surface area contributed by atoms with E-state index in [1.54, 1.807) is 0 Å². The lowest BCUT2D eigenvalue weighted by atomic mass is 9.90. The molecule has 3 aromatic carbocycles. The van der Waals surface area contributed by atoms with Crippen molar-refractivity contribution in [2.75, 3.05) is 6.61 Å². The normalized spacial score (nSPS) is 18.2. The number of ether oxygens (including phenoxy) is 1. The molecule has 0 fully saturated rings. The Balaban J connectivity index is 2.13. The van der Waals surface area contributed by atoms with E-state index in [1.807, 2.05) is 13.8 Å². The van der Waals surface area contributed by atoms with Crippen LogP contribution in [0.1, 0.15) is 25.0 Å². The molecule has 0 aliphatic heterocycles. The SMILES string of the molecule is CC#CC1(OCC)c2ccccc2-c2cc3ccccc3cc21. The fraction of sp³-hybridized carbons (Fsp3) is 0.182. The summed E-state index contributed by atoms with van der Waals surface area (Å²) in [6.07, 6.45) is 0. The van der Waals surface area contributed by atoms with Crippen LogP contribution in [0.3, 0.4) is 0 Å².